The smallest absolute Gasteiger partial charge is 0.325 e. The molecular weight excluding hydrogens is 220 g/mol. The van der Waals surface area contributed by atoms with Gasteiger partial charge in [-0.15, -0.1) is 0 Å². The maximum Gasteiger partial charge on any atom is 0.325 e. The third-order valence-corrected chi connectivity index (χ3v) is 2.46. The van der Waals surface area contributed by atoms with Gasteiger partial charge in [0.15, 0.2) is 0 Å². The van der Waals surface area contributed by atoms with E-state index in [1.165, 1.54) is 0 Å². The number of aryl methyl sites for hydroxylation is 1. The van der Waals surface area contributed by atoms with Gasteiger partial charge < -0.3 is 15.7 Å². The number of rotatable bonds is 4. The van der Waals surface area contributed by atoms with E-state index in [1.54, 1.807) is 32.2 Å². The van der Waals surface area contributed by atoms with E-state index >= 15 is 0 Å². The van der Waals surface area contributed by atoms with E-state index in [0.29, 0.717) is 11.3 Å². The number of carbonyl (C=O) groups is 2. The van der Waals surface area contributed by atoms with E-state index < -0.39 is 12.0 Å². The Labute approximate surface area is 99.8 Å². The summed E-state index contributed by atoms with van der Waals surface area (Å²) in [5, 5.41) is 14.2. The minimum Gasteiger partial charge on any atom is -0.480 e. The predicted octanol–water partition coefficient (Wildman–Crippen LogP) is 1.24. The second-order valence-corrected chi connectivity index (χ2v) is 3.81. The molecule has 0 fully saturated rings. The fourth-order valence-electron chi connectivity index (χ4n) is 1.41. The summed E-state index contributed by atoms with van der Waals surface area (Å²) >= 11 is 0. The Morgan fingerprint density at radius 2 is 2.00 bits per heavy atom. The Balaban J connectivity index is 2.90. The highest BCUT2D eigenvalue weighted by Crippen LogP contribution is 2.17. The minimum atomic E-state index is -0.917. The molecule has 5 heteroatoms. The lowest BCUT2D eigenvalue weighted by Crippen LogP contribution is -2.26. The lowest BCUT2D eigenvalue weighted by atomic mass is 10.1. The zero-order chi connectivity index (χ0) is 13.0. The van der Waals surface area contributed by atoms with Crippen molar-refractivity contribution >= 4 is 17.6 Å². The molecule has 0 saturated heterocycles. The van der Waals surface area contributed by atoms with Crippen molar-refractivity contribution < 1.29 is 14.7 Å². The van der Waals surface area contributed by atoms with Gasteiger partial charge in [0.2, 0.25) is 0 Å². The fraction of sp³-hybridized carbons (Fsp3) is 0.333. The summed E-state index contributed by atoms with van der Waals surface area (Å²) in [6.07, 6.45) is 0. The molecule has 1 amide bonds. The molecule has 0 aliphatic heterocycles. The van der Waals surface area contributed by atoms with Crippen LogP contribution in [-0.2, 0) is 4.79 Å². The normalized spacial score (nSPS) is 11.7. The van der Waals surface area contributed by atoms with Gasteiger partial charge in [-0.1, -0.05) is 0 Å². The Morgan fingerprint density at radius 1 is 1.35 bits per heavy atom. The third-order valence-electron chi connectivity index (χ3n) is 2.46. The molecule has 3 N–H and O–H groups in total. The Hall–Kier alpha value is -2.04. The first kappa shape index (κ1) is 13.0. The molecular formula is C12H16N2O3. The molecule has 0 saturated carbocycles. The van der Waals surface area contributed by atoms with Crippen molar-refractivity contribution in [3.05, 3.63) is 29.3 Å². The number of anilines is 1. The number of hydrogen-bond acceptors (Lipinski definition) is 3. The number of carboxylic acid groups (broad SMARTS) is 1. The molecule has 0 aliphatic carbocycles. The zero-order valence-electron chi connectivity index (χ0n) is 10.1. The number of benzene rings is 1. The van der Waals surface area contributed by atoms with Gasteiger partial charge in [0.1, 0.15) is 6.04 Å². The van der Waals surface area contributed by atoms with Crippen molar-refractivity contribution in [3.8, 4) is 0 Å². The van der Waals surface area contributed by atoms with Gasteiger partial charge in [-0.2, -0.15) is 0 Å². The average molecular weight is 236 g/mol. The maximum absolute atomic E-state index is 11.4. The SMILES string of the molecule is CNC(=O)c1ccc(NC(C)C(=O)O)c(C)c1. The second kappa shape index (κ2) is 5.34. The van der Waals surface area contributed by atoms with Crippen LogP contribution in [0.3, 0.4) is 0 Å². The van der Waals surface area contributed by atoms with Crippen LogP contribution in [-0.4, -0.2) is 30.1 Å². The molecule has 1 aromatic carbocycles. The third kappa shape index (κ3) is 3.21. The Morgan fingerprint density at radius 3 is 2.47 bits per heavy atom. The fourth-order valence-corrected chi connectivity index (χ4v) is 1.41. The number of amides is 1. The standard InChI is InChI=1S/C12H16N2O3/c1-7-6-9(11(15)13-3)4-5-10(7)14-8(2)12(16)17/h4-6,8,14H,1-3H3,(H,13,15)(H,16,17). The summed E-state index contributed by atoms with van der Waals surface area (Å²) in [5.74, 6) is -1.08. The van der Waals surface area contributed by atoms with Crippen molar-refractivity contribution in [3.63, 3.8) is 0 Å². The van der Waals surface area contributed by atoms with Crippen LogP contribution in [0.25, 0.3) is 0 Å². The zero-order valence-corrected chi connectivity index (χ0v) is 10.1. The van der Waals surface area contributed by atoms with E-state index in [0.717, 1.165) is 5.56 Å². The Bertz CT molecular complexity index is 443. The van der Waals surface area contributed by atoms with Gasteiger partial charge in [-0.05, 0) is 37.6 Å². The van der Waals surface area contributed by atoms with Crippen LogP contribution >= 0.6 is 0 Å². The number of carboxylic acids is 1. The van der Waals surface area contributed by atoms with Crippen LogP contribution in [0, 0.1) is 6.92 Å². The van der Waals surface area contributed by atoms with E-state index in [1.807, 2.05) is 6.92 Å². The molecule has 1 aromatic rings. The number of aliphatic carboxylic acids is 1. The maximum atomic E-state index is 11.4. The summed E-state index contributed by atoms with van der Waals surface area (Å²) in [6, 6.07) is 4.41. The highest BCUT2D eigenvalue weighted by Gasteiger charge is 2.12. The number of hydrogen-bond donors (Lipinski definition) is 3. The van der Waals surface area contributed by atoms with Gasteiger partial charge in [-0.25, -0.2) is 0 Å². The molecule has 1 unspecified atom stereocenters. The molecule has 17 heavy (non-hydrogen) atoms. The first-order valence-electron chi connectivity index (χ1n) is 5.27. The molecule has 0 radical (unpaired) electrons. The van der Waals surface area contributed by atoms with Crippen molar-refractivity contribution in [1.82, 2.24) is 5.32 Å². The van der Waals surface area contributed by atoms with Gasteiger partial charge in [0.25, 0.3) is 5.91 Å². The summed E-state index contributed by atoms with van der Waals surface area (Å²) in [7, 11) is 1.57. The quantitative estimate of drug-likeness (QED) is 0.735. The molecule has 1 atom stereocenters. The van der Waals surface area contributed by atoms with Crippen molar-refractivity contribution in [2.75, 3.05) is 12.4 Å². The summed E-state index contributed by atoms with van der Waals surface area (Å²) in [6.45, 7) is 3.39. The van der Waals surface area contributed by atoms with Crippen LogP contribution in [0.1, 0.15) is 22.8 Å². The average Bonchev–Trinajstić information content (AvgIpc) is 2.30. The lowest BCUT2D eigenvalue weighted by Gasteiger charge is -2.14. The second-order valence-electron chi connectivity index (χ2n) is 3.81. The monoisotopic (exact) mass is 236 g/mol. The number of nitrogens with one attached hydrogen (secondary N) is 2. The lowest BCUT2D eigenvalue weighted by molar-refractivity contribution is -0.137. The highest BCUT2D eigenvalue weighted by atomic mass is 16.4. The Kier molecular flexibility index (Phi) is 4.09. The van der Waals surface area contributed by atoms with Crippen LogP contribution in [0.4, 0.5) is 5.69 Å². The van der Waals surface area contributed by atoms with Gasteiger partial charge in [0, 0.05) is 18.3 Å². The van der Waals surface area contributed by atoms with Crippen molar-refractivity contribution in [2.45, 2.75) is 19.9 Å². The molecule has 0 heterocycles. The van der Waals surface area contributed by atoms with E-state index in [-0.39, 0.29) is 5.91 Å². The van der Waals surface area contributed by atoms with E-state index in [2.05, 4.69) is 10.6 Å². The summed E-state index contributed by atoms with van der Waals surface area (Å²) in [5.41, 5.74) is 2.10. The molecule has 0 spiro atoms. The molecule has 92 valence electrons. The first-order chi connectivity index (χ1) is 7.95. The van der Waals surface area contributed by atoms with Crippen LogP contribution in [0.15, 0.2) is 18.2 Å². The van der Waals surface area contributed by atoms with Crippen LogP contribution < -0.4 is 10.6 Å². The topological polar surface area (TPSA) is 78.4 Å². The highest BCUT2D eigenvalue weighted by molar-refractivity contribution is 5.94. The van der Waals surface area contributed by atoms with Gasteiger partial charge in [0.05, 0.1) is 0 Å². The molecule has 1 rings (SSSR count). The van der Waals surface area contributed by atoms with Crippen LogP contribution in [0.2, 0.25) is 0 Å². The molecule has 0 aliphatic rings. The van der Waals surface area contributed by atoms with Gasteiger partial charge in [-0.3, -0.25) is 9.59 Å². The van der Waals surface area contributed by atoms with E-state index in [4.69, 9.17) is 5.11 Å². The molecule has 0 bridgehead atoms. The number of carbonyl (C=O) groups excluding carboxylic acids is 1. The van der Waals surface area contributed by atoms with Crippen molar-refractivity contribution in [2.24, 2.45) is 0 Å². The predicted molar refractivity (Wildman–Crippen MR) is 65.3 cm³/mol. The minimum absolute atomic E-state index is 0.161. The molecule has 5 nitrogen and oxygen atoms in total. The van der Waals surface area contributed by atoms with Crippen LogP contribution in [0.5, 0.6) is 0 Å². The van der Waals surface area contributed by atoms with E-state index in [9.17, 15) is 9.59 Å². The largest absolute Gasteiger partial charge is 0.480 e. The summed E-state index contributed by atoms with van der Waals surface area (Å²) in [4.78, 5) is 22.1. The summed E-state index contributed by atoms with van der Waals surface area (Å²) < 4.78 is 0. The van der Waals surface area contributed by atoms with Gasteiger partial charge >= 0.3 is 5.97 Å². The van der Waals surface area contributed by atoms with Crippen molar-refractivity contribution in [1.29, 1.82) is 0 Å². The molecule has 0 aromatic heterocycles. The first-order valence-corrected chi connectivity index (χ1v) is 5.27.